The third-order valence-electron chi connectivity index (χ3n) is 3.22. The summed E-state index contributed by atoms with van der Waals surface area (Å²) in [5.74, 6) is 0. The minimum absolute atomic E-state index is 0. The van der Waals surface area contributed by atoms with Gasteiger partial charge in [0.25, 0.3) is 0 Å². The smallest absolute Gasteiger partial charge is 0.410 e. The van der Waals surface area contributed by atoms with Gasteiger partial charge in [-0.15, -0.1) is 12.4 Å². The van der Waals surface area contributed by atoms with E-state index in [0.29, 0.717) is 12.1 Å². The van der Waals surface area contributed by atoms with Crippen LogP contribution in [0.15, 0.2) is 0 Å². The molecule has 0 aliphatic carbocycles. The monoisotopic (exact) mass is 262 g/mol. The maximum atomic E-state index is 12.0. The van der Waals surface area contributed by atoms with Crippen molar-refractivity contribution in [2.75, 3.05) is 13.1 Å². The lowest BCUT2D eigenvalue weighted by Gasteiger charge is -2.38. The van der Waals surface area contributed by atoms with E-state index in [4.69, 9.17) is 4.74 Å². The Labute approximate surface area is 109 Å². The zero-order chi connectivity index (χ0) is 11.8. The van der Waals surface area contributed by atoms with E-state index in [2.05, 4.69) is 5.32 Å². The van der Waals surface area contributed by atoms with Gasteiger partial charge in [0, 0.05) is 25.2 Å². The van der Waals surface area contributed by atoms with E-state index in [-0.39, 0.29) is 18.5 Å². The fourth-order valence-electron chi connectivity index (χ4n) is 2.46. The lowest BCUT2D eigenvalue weighted by atomic mass is 10.1. The van der Waals surface area contributed by atoms with Gasteiger partial charge < -0.3 is 15.0 Å². The maximum Gasteiger partial charge on any atom is 0.410 e. The number of ether oxygens (including phenoxy) is 1. The molecule has 0 radical (unpaired) electrons. The Balaban J connectivity index is 0.00000144. The number of carbonyl (C=O) groups excluding carboxylic acids is 1. The number of nitrogens with one attached hydrogen (secondary N) is 1. The first-order valence-electron chi connectivity index (χ1n) is 6.19. The van der Waals surface area contributed by atoms with Gasteiger partial charge in [-0.3, -0.25) is 0 Å². The second-order valence-corrected chi connectivity index (χ2v) is 5.82. The summed E-state index contributed by atoms with van der Waals surface area (Å²) in [5.41, 5.74) is -0.393. The minimum atomic E-state index is -0.393. The van der Waals surface area contributed by atoms with Crippen LogP contribution in [0, 0.1) is 0 Å². The van der Waals surface area contributed by atoms with Crippen molar-refractivity contribution in [3.05, 3.63) is 0 Å². The average molecular weight is 263 g/mol. The number of fused-ring (bicyclic) bond motifs is 4. The molecule has 2 atom stereocenters. The van der Waals surface area contributed by atoms with Gasteiger partial charge >= 0.3 is 6.09 Å². The highest BCUT2D eigenvalue weighted by molar-refractivity contribution is 5.85. The zero-order valence-electron chi connectivity index (χ0n) is 10.9. The van der Waals surface area contributed by atoms with Crippen molar-refractivity contribution < 1.29 is 9.53 Å². The summed E-state index contributed by atoms with van der Waals surface area (Å²) in [6.45, 7) is 7.47. The Bertz CT molecular complexity index is 274. The molecule has 2 bridgehead atoms. The molecule has 3 aliphatic rings. The number of rotatable bonds is 0. The molecule has 100 valence electrons. The van der Waals surface area contributed by atoms with Crippen LogP contribution in [-0.2, 0) is 4.74 Å². The predicted molar refractivity (Wildman–Crippen MR) is 69.6 cm³/mol. The molecule has 3 aliphatic heterocycles. The van der Waals surface area contributed by atoms with Crippen LogP contribution in [0.5, 0.6) is 0 Å². The molecular formula is C12H23ClN2O2. The normalized spacial score (nSPS) is 28.3. The first-order valence-corrected chi connectivity index (χ1v) is 6.19. The van der Waals surface area contributed by atoms with Crippen molar-refractivity contribution in [3.8, 4) is 0 Å². The standard InChI is InChI=1S/C12H22N2O2.ClH/c1-12(2,3)16-11(15)14-8-9-5-4-6-10(14)7-13-9;/h9-10,13H,4-8H2,1-3H3;1H. The Morgan fingerprint density at radius 3 is 2.71 bits per heavy atom. The molecule has 3 rings (SSSR count). The SMILES string of the molecule is CC(C)(C)OC(=O)N1CC2CCCC1CN2.Cl. The molecule has 1 amide bonds. The molecule has 0 aromatic carbocycles. The number of hydrogen-bond acceptors (Lipinski definition) is 3. The van der Waals surface area contributed by atoms with Crippen molar-refractivity contribution in [1.82, 2.24) is 10.2 Å². The van der Waals surface area contributed by atoms with Crippen molar-refractivity contribution in [1.29, 1.82) is 0 Å². The molecule has 3 heterocycles. The predicted octanol–water partition coefficient (Wildman–Crippen LogP) is 2.17. The quantitative estimate of drug-likeness (QED) is 0.728. The second-order valence-electron chi connectivity index (χ2n) is 5.82. The van der Waals surface area contributed by atoms with Crippen molar-refractivity contribution in [2.24, 2.45) is 0 Å². The topological polar surface area (TPSA) is 41.6 Å². The van der Waals surface area contributed by atoms with Crippen LogP contribution < -0.4 is 5.32 Å². The number of amides is 1. The second kappa shape index (κ2) is 5.44. The summed E-state index contributed by atoms with van der Waals surface area (Å²) in [6, 6.07) is 0.792. The molecule has 0 spiro atoms. The van der Waals surface area contributed by atoms with Gasteiger partial charge in [-0.05, 0) is 40.0 Å². The summed E-state index contributed by atoms with van der Waals surface area (Å²) < 4.78 is 5.44. The van der Waals surface area contributed by atoms with E-state index < -0.39 is 5.60 Å². The molecule has 17 heavy (non-hydrogen) atoms. The Kier molecular flexibility index (Phi) is 4.67. The number of hydrogen-bond donors (Lipinski definition) is 1. The van der Waals surface area contributed by atoms with Crippen LogP contribution in [0.4, 0.5) is 4.79 Å². The Hall–Kier alpha value is -0.480. The number of piperazine rings is 1. The van der Waals surface area contributed by atoms with Crippen LogP contribution in [0.2, 0.25) is 0 Å². The largest absolute Gasteiger partial charge is 0.444 e. The van der Waals surface area contributed by atoms with Gasteiger partial charge in [0.2, 0.25) is 0 Å². The maximum absolute atomic E-state index is 12.0. The number of nitrogens with zero attached hydrogens (tertiary/aromatic N) is 1. The van der Waals surface area contributed by atoms with Gasteiger partial charge in [0.1, 0.15) is 5.60 Å². The fraction of sp³-hybridized carbons (Fsp3) is 0.917. The lowest BCUT2D eigenvalue weighted by Crippen LogP contribution is -2.57. The molecule has 2 unspecified atom stereocenters. The average Bonchev–Trinajstić information content (AvgIpc) is 2.48. The van der Waals surface area contributed by atoms with E-state index in [9.17, 15) is 4.79 Å². The van der Waals surface area contributed by atoms with Gasteiger partial charge in [-0.25, -0.2) is 4.79 Å². The lowest BCUT2D eigenvalue weighted by molar-refractivity contribution is 0.00989. The minimum Gasteiger partial charge on any atom is -0.444 e. The van der Waals surface area contributed by atoms with Gasteiger partial charge in [0.05, 0.1) is 0 Å². The van der Waals surface area contributed by atoms with E-state index in [1.54, 1.807) is 0 Å². The molecule has 5 heteroatoms. The van der Waals surface area contributed by atoms with E-state index in [0.717, 1.165) is 19.5 Å². The van der Waals surface area contributed by atoms with E-state index in [1.165, 1.54) is 12.8 Å². The highest BCUT2D eigenvalue weighted by Crippen LogP contribution is 2.23. The highest BCUT2D eigenvalue weighted by atomic mass is 35.5. The third-order valence-corrected chi connectivity index (χ3v) is 3.22. The van der Waals surface area contributed by atoms with Crippen molar-refractivity contribution >= 4 is 18.5 Å². The third kappa shape index (κ3) is 3.75. The van der Waals surface area contributed by atoms with Crippen LogP contribution in [-0.4, -0.2) is 41.8 Å². The summed E-state index contributed by atoms with van der Waals surface area (Å²) in [5, 5.41) is 3.48. The molecular weight excluding hydrogens is 240 g/mol. The summed E-state index contributed by atoms with van der Waals surface area (Å²) in [7, 11) is 0. The van der Waals surface area contributed by atoms with Crippen molar-refractivity contribution in [3.63, 3.8) is 0 Å². The summed E-state index contributed by atoms with van der Waals surface area (Å²) in [6.07, 6.45) is 3.34. The van der Waals surface area contributed by atoms with Crippen LogP contribution in [0.1, 0.15) is 40.0 Å². The molecule has 3 saturated heterocycles. The molecule has 1 N–H and O–H groups in total. The molecule has 0 aromatic heterocycles. The summed E-state index contributed by atoms with van der Waals surface area (Å²) >= 11 is 0. The van der Waals surface area contributed by atoms with Crippen LogP contribution >= 0.6 is 12.4 Å². The van der Waals surface area contributed by atoms with Crippen LogP contribution in [0.25, 0.3) is 0 Å². The molecule has 4 nitrogen and oxygen atoms in total. The first kappa shape index (κ1) is 14.6. The zero-order valence-corrected chi connectivity index (χ0v) is 11.7. The molecule has 0 aromatic rings. The van der Waals surface area contributed by atoms with E-state index in [1.807, 2.05) is 25.7 Å². The van der Waals surface area contributed by atoms with E-state index >= 15 is 0 Å². The first-order chi connectivity index (χ1) is 7.46. The van der Waals surface area contributed by atoms with Crippen LogP contribution in [0.3, 0.4) is 0 Å². The summed E-state index contributed by atoms with van der Waals surface area (Å²) in [4.78, 5) is 13.9. The fourth-order valence-corrected chi connectivity index (χ4v) is 2.46. The molecule has 0 saturated carbocycles. The van der Waals surface area contributed by atoms with Gasteiger partial charge in [-0.1, -0.05) is 0 Å². The van der Waals surface area contributed by atoms with Crippen molar-refractivity contribution in [2.45, 2.75) is 57.7 Å². The highest BCUT2D eigenvalue weighted by Gasteiger charge is 2.35. The Morgan fingerprint density at radius 1 is 1.35 bits per heavy atom. The molecule has 3 fully saturated rings. The number of halogens is 1. The van der Waals surface area contributed by atoms with Gasteiger partial charge in [-0.2, -0.15) is 0 Å². The number of carbonyl (C=O) groups is 1. The van der Waals surface area contributed by atoms with Gasteiger partial charge in [0.15, 0.2) is 0 Å². The Morgan fingerprint density at radius 2 is 2.06 bits per heavy atom.